The third-order valence-electron chi connectivity index (χ3n) is 3.29. The van der Waals surface area contributed by atoms with Gasteiger partial charge in [-0.1, -0.05) is 30.3 Å². The maximum Gasteiger partial charge on any atom is 0.415 e. The number of nitrogens with zero attached hydrogens (tertiary/aromatic N) is 3. The molecule has 0 bridgehead atoms. The molecule has 5 nitrogen and oxygen atoms in total. The molecule has 0 aliphatic carbocycles. The Morgan fingerprint density at radius 3 is 2.44 bits per heavy atom. The number of hydrogen-bond donors (Lipinski definition) is 0. The van der Waals surface area contributed by atoms with Gasteiger partial charge in [-0.15, -0.1) is 11.8 Å². The van der Waals surface area contributed by atoms with Crippen LogP contribution in [0.15, 0.2) is 47.0 Å². The molecule has 2 rings (SSSR count). The number of rotatable bonds is 2. The molecular weight excluding hydrogens is 334 g/mol. The zero-order valence-electron chi connectivity index (χ0n) is 14.4. The van der Waals surface area contributed by atoms with Gasteiger partial charge in [0.25, 0.3) is 0 Å². The second-order valence-corrected chi connectivity index (χ2v) is 7.46. The summed E-state index contributed by atoms with van der Waals surface area (Å²) in [6, 6.07) is 13.1. The predicted molar refractivity (Wildman–Crippen MR) is 98.1 cm³/mol. The van der Waals surface area contributed by atoms with Crippen molar-refractivity contribution in [3.8, 4) is 12.1 Å². The summed E-state index contributed by atoms with van der Waals surface area (Å²) < 4.78 is 5.44. The molecule has 0 spiro atoms. The highest BCUT2D eigenvalue weighted by molar-refractivity contribution is 8.03. The van der Waals surface area contributed by atoms with Crippen molar-refractivity contribution in [3.63, 3.8) is 0 Å². The molecule has 128 valence electrons. The Bertz CT molecular complexity index is 777. The van der Waals surface area contributed by atoms with E-state index in [9.17, 15) is 15.3 Å². The van der Waals surface area contributed by atoms with Crippen LogP contribution in [-0.4, -0.2) is 28.9 Å². The van der Waals surface area contributed by atoms with Crippen LogP contribution < -0.4 is 0 Å². The highest BCUT2D eigenvalue weighted by Crippen LogP contribution is 2.33. The van der Waals surface area contributed by atoms with Gasteiger partial charge in [0.2, 0.25) is 0 Å². The van der Waals surface area contributed by atoms with Gasteiger partial charge in [0, 0.05) is 17.9 Å². The minimum atomic E-state index is -0.585. The van der Waals surface area contributed by atoms with Crippen LogP contribution in [0.5, 0.6) is 0 Å². The van der Waals surface area contributed by atoms with E-state index >= 15 is 0 Å². The Morgan fingerprint density at radius 1 is 1.24 bits per heavy atom. The van der Waals surface area contributed by atoms with E-state index in [0.717, 1.165) is 11.3 Å². The molecule has 1 heterocycles. The molecule has 1 fully saturated rings. The summed E-state index contributed by atoms with van der Waals surface area (Å²) in [6.45, 7) is 5.98. The van der Waals surface area contributed by atoms with Crippen LogP contribution in [0, 0.1) is 22.7 Å². The molecule has 0 atom stereocenters. The molecule has 1 saturated heterocycles. The van der Waals surface area contributed by atoms with Crippen LogP contribution in [-0.2, 0) is 4.74 Å². The molecule has 1 aromatic rings. The summed E-state index contributed by atoms with van der Waals surface area (Å²) in [5.74, 6) is 0.738. The molecule has 0 radical (unpaired) electrons. The van der Waals surface area contributed by atoms with E-state index in [-0.39, 0.29) is 5.57 Å². The fourth-order valence-electron chi connectivity index (χ4n) is 2.23. The molecule has 1 aliphatic rings. The van der Waals surface area contributed by atoms with Gasteiger partial charge in [-0.3, -0.25) is 4.90 Å². The molecule has 25 heavy (non-hydrogen) atoms. The van der Waals surface area contributed by atoms with Gasteiger partial charge in [0.15, 0.2) is 0 Å². The fourth-order valence-corrected chi connectivity index (χ4v) is 3.24. The van der Waals surface area contributed by atoms with Crippen molar-refractivity contribution in [2.45, 2.75) is 26.4 Å². The van der Waals surface area contributed by atoms with E-state index < -0.39 is 11.7 Å². The summed E-state index contributed by atoms with van der Waals surface area (Å²) in [4.78, 5) is 13.9. The number of carbonyl (C=O) groups excluding carboxylic acids is 1. The van der Waals surface area contributed by atoms with Crippen molar-refractivity contribution in [1.29, 1.82) is 10.5 Å². The third-order valence-corrected chi connectivity index (χ3v) is 4.31. The molecule has 0 saturated carbocycles. The summed E-state index contributed by atoms with van der Waals surface area (Å²) in [5.41, 5.74) is 0.682. The fraction of sp³-hybridized carbons (Fsp3) is 0.316. The molecule has 0 N–H and O–H groups in total. The lowest BCUT2D eigenvalue weighted by molar-refractivity contribution is 0.0345. The topological polar surface area (TPSA) is 77.1 Å². The van der Waals surface area contributed by atoms with Crippen LogP contribution in [0.1, 0.15) is 26.3 Å². The smallest absolute Gasteiger partial charge is 0.415 e. The average molecular weight is 353 g/mol. The second-order valence-electron chi connectivity index (χ2n) is 6.34. The van der Waals surface area contributed by atoms with E-state index in [0.29, 0.717) is 17.1 Å². The lowest BCUT2D eigenvalue weighted by atomic mass is 10.0. The van der Waals surface area contributed by atoms with Crippen LogP contribution in [0.25, 0.3) is 5.57 Å². The number of benzene rings is 1. The highest BCUT2D eigenvalue weighted by atomic mass is 32.2. The maximum atomic E-state index is 12.4. The predicted octanol–water partition coefficient (Wildman–Crippen LogP) is 4.31. The Hall–Kier alpha value is -2.70. The molecule has 0 aromatic heterocycles. The van der Waals surface area contributed by atoms with Crippen LogP contribution >= 0.6 is 11.8 Å². The molecule has 1 amide bonds. The van der Waals surface area contributed by atoms with Gasteiger partial charge in [-0.25, -0.2) is 4.79 Å². The van der Waals surface area contributed by atoms with E-state index in [2.05, 4.69) is 0 Å². The normalized spacial score (nSPS) is 15.4. The van der Waals surface area contributed by atoms with Gasteiger partial charge < -0.3 is 4.74 Å². The summed E-state index contributed by atoms with van der Waals surface area (Å²) in [5, 5.41) is 19.3. The number of amides is 1. The number of hydrogen-bond acceptors (Lipinski definition) is 5. The first-order chi connectivity index (χ1) is 11.9. The lowest BCUT2D eigenvalue weighted by Crippen LogP contribution is -2.34. The minimum Gasteiger partial charge on any atom is -0.443 e. The van der Waals surface area contributed by atoms with Gasteiger partial charge in [-0.2, -0.15) is 10.5 Å². The summed E-state index contributed by atoms with van der Waals surface area (Å²) in [6.07, 6.45) is 1.30. The summed E-state index contributed by atoms with van der Waals surface area (Å²) in [7, 11) is 0. The Kier molecular flexibility index (Phi) is 5.90. The Balaban J connectivity index is 2.43. The Labute approximate surface area is 152 Å². The van der Waals surface area contributed by atoms with E-state index in [1.165, 1.54) is 11.8 Å². The second kappa shape index (κ2) is 7.92. The number of thioether (sulfide) groups is 1. The standard InChI is InChI=1S/C19H19N3O2S/c1-19(2,3)24-18(23)22-9-10-25-17(22)11-16(15(12-20)13-21)14-7-5-4-6-8-14/h4-8,11H,9-10H2,1-3H3/b17-11-. The molecule has 0 unspecified atom stereocenters. The Morgan fingerprint density at radius 2 is 1.88 bits per heavy atom. The van der Waals surface area contributed by atoms with Crippen LogP contribution in [0.3, 0.4) is 0 Å². The van der Waals surface area contributed by atoms with Crippen LogP contribution in [0.4, 0.5) is 4.79 Å². The van der Waals surface area contributed by atoms with Gasteiger partial charge in [0.1, 0.15) is 23.3 Å². The first-order valence-corrected chi connectivity index (χ1v) is 8.79. The van der Waals surface area contributed by atoms with Crippen molar-refractivity contribution in [3.05, 3.63) is 52.6 Å². The summed E-state index contributed by atoms with van der Waals surface area (Å²) >= 11 is 1.50. The van der Waals surface area contributed by atoms with Crippen molar-refractivity contribution >= 4 is 23.4 Å². The third kappa shape index (κ3) is 4.89. The first kappa shape index (κ1) is 18.6. The molecule has 1 aromatic carbocycles. The van der Waals surface area contributed by atoms with Crippen LogP contribution in [0.2, 0.25) is 0 Å². The van der Waals surface area contributed by atoms with Gasteiger partial charge in [0.05, 0.1) is 5.03 Å². The zero-order chi connectivity index (χ0) is 18.4. The van der Waals surface area contributed by atoms with Gasteiger partial charge in [-0.05, 0) is 32.4 Å². The number of ether oxygens (including phenoxy) is 1. The first-order valence-electron chi connectivity index (χ1n) is 7.80. The van der Waals surface area contributed by atoms with Crippen molar-refractivity contribution < 1.29 is 9.53 Å². The largest absolute Gasteiger partial charge is 0.443 e. The van der Waals surface area contributed by atoms with E-state index in [1.54, 1.807) is 11.0 Å². The monoisotopic (exact) mass is 353 g/mol. The van der Waals surface area contributed by atoms with Crippen molar-refractivity contribution in [1.82, 2.24) is 4.90 Å². The van der Waals surface area contributed by atoms with E-state index in [1.807, 2.05) is 63.2 Å². The van der Waals surface area contributed by atoms with Crippen molar-refractivity contribution in [2.75, 3.05) is 12.3 Å². The number of allylic oxidation sites excluding steroid dienone is 3. The van der Waals surface area contributed by atoms with Crippen molar-refractivity contribution in [2.24, 2.45) is 0 Å². The molecule has 1 aliphatic heterocycles. The average Bonchev–Trinajstić information content (AvgIpc) is 3.02. The SMILES string of the molecule is CC(C)(C)OC(=O)N1CCS/C1=C\C(=C(C#N)C#N)c1ccccc1. The van der Waals surface area contributed by atoms with Gasteiger partial charge >= 0.3 is 6.09 Å². The molecule has 6 heteroatoms. The lowest BCUT2D eigenvalue weighted by Gasteiger charge is -2.24. The zero-order valence-corrected chi connectivity index (χ0v) is 15.3. The quantitative estimate of drug-likeness (QED) is 0.740. The minimum absolute atomic E-state index is 0.00957. The molecular formula is C19H19N3O2S. The van der Waals surface area contributed by atoms with E-state index in [4.69, 9.17) is 4.74 Å². The maximum absolute atomic E-state index is 12.4. The number of carbonyl (C=O) groups is 1. The number of nitriles is 2. The highest BCUT2D eigenvalue weighted by Gasteiger charge is 2.29.